The number of nitrogens with one attached hydrogen (secondary N) is 1. The van der Waals surface area contributed by atoms with Crippen LogP contribution in [0.3, 0.4) is 0 Å². The lowest BCUT2D eigenvalue weighted by atomic mass is 10.1. The largest absolute Gasteiger partial charge is 0.478 e. The summed E-state index contributed by atoms with van der Waals surface area (Å²) < 4.78 is 27.1. The fraction of sp³-hybridized carbons (Fsp3) is 0.333. The first-order valence-corrected chi connectivity index (χ1v) is 10.6. The van der Waals surface area contributed by atoms with Gasteiger partial charge in [-0.1, -0.05) is 6.58 Å². The molecular formula is C24H29FN6O2. The van der Waals surface area contributed by atoms with E-state index in [1.165, 1.54) is 12.4 Å². The standard InChI is InChI=1S/C24H29FN6O2/c1-7-18(22(25)17-10-9-11-26-16(17)4)29-23-21-19(27-14-28-23)12-20(32-8-2)30-24(21)33-15(3)13-31(5)6/h7,9-12,14-15H,1,8,13H2,2-6H3,(H,27,28,29)/b22-18-/t15-/m1/s1. The molecular weight excluding hydrogens is 423 g/mol. The van der Waals surface area contributed by atoms with E-state index < -0.39 is 5.83 Å². The highest BCUT2D eigenvalue weighted by Crippen LogP contribution is 2.33. The van der Waals surface area contributed by atoms with Gasteiger partial charge >= 0.3 is 0 Å². The van der Waals surface area contributed by atoms with Crippen molar-refractivity contribution in [3.8, 4) is 11.8 Å². The van der Waals surface area contributed by atoms with Crippen molar-refractivity contribution in [1.29, 1.82) is 0 Å². The number of hydrogen-bond acceptors (Lipinski definition) is 8. The van der Waals surface area contributed by atoms with Crippen LogP contribution in [0.5, 0.6) is 11.8 Å². The van der Waals surface area contributed by atoms with E-state index in [1.807, 2.05) is 32.8 Å². The molecule has 0 saturated heterocycles. The highest BCUT2D eigenvalue weighted by atomic mass is 19.1. The molecule has 0 aromatic carbocycles. The van der Waals surface area contributed by atoms with Gasteiger partial charge in [0.25, 0.3) is 0 Å². The van der Waals surface area contributed by atoms with Crippen LogP contribution in [0.1, 0.15) is 25.1 Å². The van der Waals surface area contributed by atoms with Crippen LogP contribution in [0.15, 0.2) is 49.1 Å². The monoisotopic (exact) mass is 452 g/mol. The van der Waals surface area contributed by atoms with E-state index >= 15 is 4.39 Å². The molecule has 0 amide bonds. The maximum Gasteiger partial charge on any atom is 0.230 e. The summed E-state index contributed by atoms with van der Waals surface area (Å²) >= 11 is 0. The molecule has 174 valence electrons. The minimum atomic E-state index is -0.496. The first kappa shape index (κ1) is 24.1. The maximum atomic E-state index is 15.4. The van der Waals surface area contributed by atoms with Crippen LogP contribution in [-0.4, -0.2) is 58.2 Å². The summed E-state index contributed by atoms with van der Waals surface area (Å²) in [4.78, 5) is 19.4. The summed E-state index contributed by atoms with van der Waals surface area (Å²) in [6.07, 6.45) is 4.23. The lowest BCUT2D eigenvalue weighted by Crippen LogP contribution is -2.28. The number of likely N-dealkylation sites (N-methyl/N-ethyl adjacent to an activating group) is 1. The summed E-state index contributed by atoms with van der Waals surface area (Å²) in [6, 6.07) is 5.04. The van der Waals surface area contributed by atoms with Crippen LogP contribution >= 0.6 is 0 Å². The topological polar surface area (TPSA) is 85.3 Å². The van der Waals surface area contributed by atoms with Gasteiger partial charge in [0.15, 0.2) is 5.83 Å². The van der Waals surface area contributed by atoms with Gasteiger partial charge in [0.1, 0.15) is 23.6 Å². The van der Waals surface area contributed by atoms with Gasteiger partial charge in [0.2, 0.25) is 11.8 Å². The first-order chi connectivity index (χ1) is 15.8. The molecule has 3 heterocycles. The lowest BCUT2D eigenvalue weighted by Gasteiger charge is -2.20. The van der Waals surface area contributed by atoms with Crippen LogP contribution in [-0.2, 0) is 0 Å². The first-order valence-electron chi connectivity index (χ1n) is 10.6. The Labute approximate surface area is 193 Å². The van der Waals surface area contributed by atoms with Crippen molar-refractivity contribution in [2.24, 2.45) is 0 Å². The van der Waals surface area contributed by atoms with Gasteiger partial charge < -0.3 is 19.7 Å². The molecule has 0 aliphatic rings. The van der Waals surface area contributed by atoms with Gasteiger partial charge in [0, 0.05) is 30.1 Å². The predicted molar refractivity (Wildman–Crippen MR) is 128 cm³/mol. The predicted octanol–water partition coefficient (Wildman–Crippen LogP) is 4.39. The highest BCUT2D eigenvalue weighted by molar-refractivity contribution is 5.95. The SMILES string of the molecule is C=C/C(Nc1ncnc2cc(OCC)nc(O[C@H](C)CN(C)C)c12)=C(/F)c1cccnc1C. The molecule has 3 rings (SSSR count). The minimum Gasteiger partial charge on any atom is -0.478 e. The molecule has 3 aromatic heterocycles. The number of hydrogen-bond donors (Lipinski definition) is 1. The van der Waals surface area contributed by atoms with E-state index in [0.717, 1.165) is 0 Å². The minimum absolute atomic E-state index is 0.146. The molecule has 0 unspecified atom stereocenters. The Bertz CT molecular complexity index is 1160. The molecule has 8 nitrogen and oxygen atoms in total. The average molecular weight is 453 g/mol. The van der Waals surface area contributed by atoms with Gasteiger partial charge in [-0.25, -0.2) is 14.4 Å². The van der Waals surface area contributed by atoms with Gasteiger partial charge in [-0.05, 0) is 53.1 Å². The average Bonchev–Trinajstić information content (AvgIpc) is 2.77. The molecule has 0 radical (unpaired) electrons. The van der Waals surface area contributed by atoms with Crippen LogP contribution < -0.4 is 14.8 Å². The summed E-state index contributed by atoms with van der Waals surface area (Å²) in [7, 11) is 3.92. The molecule has 0 aliphatic heterocycles. The number of allylic oxidation sites excluding steroid dienone is 1. The Morgan fingerprint density at radius 2 is 2.09 bits per heavy atom. The number of ether oxygens (including phenoxy) is 2. The van der Waals surface area contributed by atoms with Crippen molar-refractivity contribution in [1.82, 2.24) is 24.8 Å². The molecule has 33 heavy (non-hydrogen) atoms. The second-order valence-corrected chi connectivity index (χ2v) is 7.70. The fourth-order valence-electron chi connectivity index (χ4n) is 3.35. The Morgan fingerprint density at radius 1 is 1.30 bits per heavy atom. The van der Waals surface area contributed by atoms with E-state index in [2.05, 4.69) is 31.8 Å². The quantitative estimate of drug-likeness (QED) is 0.453. The molecule has 0 aliphatic carbocycles. The number of fused-ring (bicyclic) bond motifs is 1. The number of aryl methyl sites for hydroxylation is 1. The third-order valence-electron chi connectivity index (χ3n) is 4.73. The van der Waals surface area contributed by atoms with Crippen LogP contribution in [0.25, 0.3) is 16.7 Å². The number of nitrogens with zero attached hydrogens (tertiary/aromatic N) is 5. The van der Waals surface area contributed by atoms with Crippen molar-refractivity contribution in [2.75, 3.05) is 32.6 Å². The number of pyridine rings is 2. The van der Waals surface area contributed by atoms with Gasteiger partial charge in [-0.2, -0.15) is 4.98 Å². The molecule has 0 fully saturated rings. The molecule has 1 N–H and O–H groups in total. The molecule has 0 bridgehead atoms. The Kier molecular flexibility index (Phi) is 7.89. The van der Waals surface area contributed by atoms with E-state index in [9.17, 15) is 0 Å². The number of halogens is 1. The van der Waals surface area contributed by atoms with Crippen molar-refractivity contribution in [2.45, 2.75) is 26.9 Å². The smallest absolute Gasteiger partial charge is 0.230 e. The third-order valence-corrected chi connectivity index (χ3v) is 4.73. The Hall–Kier alpha value is -3.59. The van der Waals surface area contributed by atoms with E-state index in [0.29, 0.717) is 52.9 Å². The molecule has 9 heteroatoms. The zero-order valence-corrected chi connectivity index (χ0v) is 19.6. The summed E-state index contributed by atoms with van der Waals surface area (Å²) in [5.74, 6) is 0.534. The molecule has 0 saturated carbocycles. The fourth-order valence-corrected chi connectivity index (χ4v) is 3.35. The molecule has 3 aromatic rings. The Morgan fingerprint density at radius 3 is 2.76 bits per heavy atom. The lowest BCUT2D eigenvalue weighted by molar-refractivity contribution is 0.171. The summed E-state index contributed by atoms with van der Waals surface area (Å²) in [6.45, 7) is 10.4. The van der Waals surface area contributed by atoms with E-state index in [4.69, 9.17) is 9.47 Å². The van der Waals surface area contributed by atoms with Gasteiger partial charge in [-0.15, -0.1) is 0 Å². The maximum absolute atomic E-state index is 15.4. The van der Waals surface area contributed by atoms with Crippen LogP contribution in [0, 0.1) is 6.92 Å². The van der Waals surface area contributed by atoms with Gasteiger partial charge in [0.05, 0.1) is 17.8 Å². The number of anilines is 1. The molecule has 0 spiro atoms. The van der Waals surface area contributed by atoms with Gasteiger partial charge in [-0.3, -0.25) is 4.98 Å². The summed E-state index contributed by atoms with van der Waals surface area (Å²) in [5.41, 5.74) is 1.63. The zero-order chi connectivity index (χ0) is 24.0. The second kappa shape index (κ2) is 10.8. The van der Waals surface area contributed by atoms with E-state index in [-0.39, 0.29) is 11.8 Å². The number of aromatic nitrogens is 4. The number of rotatable bonds is 10. The molecule has 1 atom stereocenters. The van der Waals surface area contributed by atoms with Crippen LogP contribution in [0.4, 0.5) is 10.2 Å². The third kappa shape index (κ3) is 5.81. The normalized spacial score (nSPS) is 12.9. The summed E-state index contributed by atoms with van der Waals surface area (Å²) in [5, 5.41) is 3.55. The highest BCUT2D eigenvalue weighted by Gasteiger charge is 2.19. The van der Waals surface area contributed by atoms with E-state index in [1.54, 1.807) is 31.3 Å². The van der Waals surface area contributed by atoms with Crippen molar-refractivity contribution in [3.05, 3.63) is 60.3 Å². The van der Waals surface area contributed by atoms with Crippen LogP contribution in [0.2, 0.25) is 0 Å². The van der Waals surface area contributed by atoms with Crippen molar-refractivity contribution < 1.29 is 13.9 Å². The van der Waals surface area contributed by atoms with Crippen molar-refractivity contribution >= 4 is 22.5 Å². The second-order valence-electron chi connectivity index (χ2n) is 7.70. The van der Waals surface area contributed by atoms with Crippen molar-refractivity contribution in [3.63, 3.8) is 0 Å². The Balaban J connectivity index is 2.11. The zero-order valence-electron chi connectivity index (χ0n) is 19.6.